The summed E-state index contributed by atoms with van der Waals surface area (Å²) in [5.74, 6) is -1.02. The predicted molar refractivity (Wildman–Crippen MR) is 85.0 cm³/mol. The molecule has 7 heteroatoms. The maximum Gasteiger partial charge on any atom is 0.270 e. The lowest BCUT2D eigenvalue weighted by atomic mass is 10.1. The van der Waals surface area contributed by atoms with E-state index in [9.17, 15) is 19.7 Å². The summed E-state index contributed by atoms with van der Waals surface area (Å²) in [7, 11) is 3.77. The van der Waals surface area contributed by atoms with Crippen molar-refractivity contribution in [1.82, 2.24) is 0 Å². The second-order valence-corrected chi connectivity index (χ2v) is 5.34. The first-order chi connectivity index (χ1) is 10.9. The molecule has 0 bridgehead atoms. The predicted octanol–water partition coefficient (Wildman–Crippen LogP) is 2.46. The molecule has 0 N–H and O–H groups in total. The summed E-state index contributed by atoms with van der Waals surface area (Å²) in [6.07, 6.45) is 0. The van der Waals surface area contributed by atoms with Crippen molar-refractivity contribution in [3.63, 3.8) is 0 Å². The van der Waals surface area contributed by atoms with E-state index in [1.165, 1.54) is 12.1 Å². The molecule has 0 aromatic heterocycles. The summed E-state index contributed by atoms with van der Waals surface area (Å²) >= 11 is 0. The fourth-order valence-corrected chi connectivity index (χ4v) is 2.48. The molecule has 1 aliphatic heterocycles. The number of nitro groups is 1. The number of carbonyl (C=O) groups is 2. The molecule has 7 nitrogen and oxygen atoms in total. The van der Waals surface area contributed by atoms with E-state index >= 15 is 0 Å². The van der Waals surface area contributed by atoms with Crippen molar-refractivity contribution >= 4 is 28.9 Å². The van der Waals surface area contributed by atoms with Gasteiger partial charge in [0.15, 0.2) is 0 Å². The molecule has 2 aromatic carbocycles. The normalized spacial score (nSPS) is 13.2. The molecule has 1 aliphatic rings. The quantitative estimate of drug-likeness (QED) is 0.494. The molecule has 2 aromatic rings. The number of imide groups is 1. The Hall–Kier alpha value is -3.22. The van der Waals surface area contributed by atoms with Gasteiger partial charge in [-0.2, -0.15) is 0 Å². The van der Waals surface area contributed by atoms with E-state index in [2.05, 4.69) is 0 Å². The zero-order chi connectivity index (χ0) is 16.7. The molecule has 3 rings (SSSR count). The van der Waals surface area contributed by atoms with Crippen LogP contribution in [0.4, 0.5) is 17.1 Å². The van der Waals surface area contributed by atoms with Crippen molar-refractivity contribution in [2.45, 2.75) is 0 Å². The molecule has 0 unspecified atom stereocenters. The Labute approximate surface area is 131 Å². The number of amides is 2. The first-order valence-corrected chi connectivity index (χ1v) is 6.85. The number of rotatable bonds is 3. The number of hydrogen-bond donors (Lipinski definition) is 0. The summed E-state index contributed by atoms with van der Waals surface area (Å²) in [6.45, 7) is 0. The minimum absolute atomic E-state index is 0.0564. The highest BCUT2D eigenvalue weighted by atomic mass is 16.6. The molecule has 0 saturated heterocycles. The number of fused-ring (bicyclic) bond motifs is 1. The SMILES string of the molecule is CN(C)c1ccc(N2C(=O)c3ccc([N+](=O)[O-])cc3C2=O)cc1. The smallest absolute Gasteiger partial charge is 0.270 e. The molecule has 23 heavy (non-hydrogen) atoms. The van der Waals surface area contributed by atoms with Gasteiger partial charge in [-0.15, -0.1) is 0 Å². The molecule has 1 heterocycles. The van der Waals surface area contributed by atoms with Gasteiger partial charge in [0, 0.05) is 31.9 Å². The minimum Gasteiger partial charge on any atom is -0.378 e. The third kappa shape index (κ3) is 2.32. The monoisotopic (exact) mass is 311 g/mol. The van der Waals surface area contributed by atoms with Crippen LogP contribution in [-0.2, 0) is 0 Å². The van der Waals surface area contributed by atoms with Crippen LogP contribution in [0.25, 0.3) is 0 Å². The van der Waals surface area contributed by atoms with Crippen LogP contribution in [0.3, 0.4) is 0 Å². The van der Waals surface area contributed by atoms with E-state index in [0.717, 1.165) is 16.7 Å². The van der Waals surface area contributed by atoms with Crippen molar-refractivity contribution in [1.29, 1.82) is 0 Å². The van der Waals surface area contributed by atoms with Gasteiger partial charge in [-0.05, 0) is 30.3 Å². The Bertz CT molecular complexity index is 828. The summed E-state index contributed by atoms with van der Waals surface area (Å²) in [4.78, 5) is 38.1. The third-order valence-corrected chi connectivity index (χ3v) is 3.71. The van der Waals surface area contributed by atoms with E-state index in [0.29, 0.717) is 5.69 Å². The average Bonchev–Trinajstić information content (AvgIpc) is 2.78. The number of hydrogen-bond acceptors (Lipinski definition) is 5. The van der Waals surface area contributed by atoms with Gasteiger partial charge in [0.1, 0.15) is 0 Å². The summed E-state index contributed by atoms with van der Waals surface area (Å²) in [6, 6.07) is 10.6. The van der Waals surface area contributed by atoms with Crippen LogP contribution in [0.15, 0.2) is 42.5 Å². The number of anilines is 2. The molecule has 0 fully saturated rings. The highest BCUT2D eigenvalue weighted by Gasteiger charge is 2.37. The Kier molecular flexibility index (Phi) is 3.33. The number of carbonyl (C=O) groups excluding carboxylic acids is 2. The van der Waals surface area contributed by atoms with Crippen LogP contribution in [-0.4, -0.2) is 30.8 Å². The van der Waals surface area contributed by atoms with Crippen LogP contribution in [0.5, 0.6) is 0 Å². The van der Waals surface area contributed by atoms with Gasteiger partial charge in [-0.25, -0.2) is 4.90 Å². The molecular weight excluding hydrogens is 298 g/mol. The van der Waals surface area contributed by atoms with E-state index in [1.807, 2.05) is 19.0 Å². The Morgan fingerprint density at radius 3 is 2.13 bits per heavy atom. The lowest BCUT2D eigenvalue weighted by Crippen LogP contribution is -2.29. The third-order valence-electron chi connectivity index (χ3n) is 3.71. The Morgan fingerprint density at radius 1 is 0.957 bits per heavy atom. The van der Waals surface area contributed by atoms with Crippen molar-refractivity contribution in [2.24, 2.45) is 0 Å². The van der Waals surface area contributed by atoms with Crippen LogP contribution >= 0.6 is 0 Å². The Balaban J connectivity index is 2.01. The van der Waals surface area contributed by atoms with Crippen LogP contribution in [0, 0.1) is 10.1 Å². The number of nitrogens with zero attached hydrogens (tertiary/aromatic N) is 3. The molecule has 0 aliphatic carbocycles. The van der Waals surface area contributed by atoms with Gasteiger partial charge in [0.25, 0.3) is 17.5 Å². The highest BCUT2D eigenvalue weighted by Crippen LogP contribution is 2.31. The molecule has 0 radical (unpaired) electrons. The van der Waals surface area contributed by atoms with E-state index < -0.39 is 16.7 Å². The van der Waals surface area contributed by atoms with Crippen LogP contribution in [0.1, 0.15) is 20.7 Å². The topological polar surface area (TPSA) is 83.8 Å². The summed E-state index contributed by atoms with van der Waals surface area (Å²) < 4.78 is 0. The average molecular weight is 311 g/mol. The lowest BCUT2D eigenvalue weighted by molar-refractivity contribution is -0.384. The fraction of sp³-hybridized carbons (Fsp3) is 0.125. The highest BCUT2D eigenvalue weighted by molar-refractivity contribution is 6.34. The first-order valence-electron chi connectivity index (χ1n) is 6.85. The standard InChI is InChI=1S/C16H13N3O4/c1-17(2)10-3-5-11(6-4-10)18-15(20)13-8-7-12(19(22)23)9-14(13)16(18)21/h3-9H,1-2H3. The minimum atomic E-state index is -0.591. The molecule has 0 atom stereocenters. The zero-order valence-electron chi connectivity index (χ0n) is 12.5. The number of benzene rings is 2. The van der Waals surface area contributed by atoms with E-state index in [1.54, 1.807) is 24.3 Å². The molecule has 116 valence electrons. The van der Waals surface area contributed by atoms with Gasteiger partial charge in [-0.1, -0.05) is 0 Å². The Morgan fingerprint density at radius 2 is 1.57 bits per heavy atom. The lowest BCUT2D eigenvalue weighted by Gasteiger charge is -2.16. The van der Waals surface area contributed by atoms with Crippen molar-refractivity contribution in [3.8, 4) is 0 Å². The molecule has 0 spiro atoms. The largest absolute Gasteiger partial charge is 0.378 e. The van der Waals surface area contributed by atoms with E-state index in [-0.39, 0.29) is 16.8 Å². The van der Waals surface area contributed by atoms with Gasteiger partial charge in [0.05, 0.1) is 21.7 Å². The van der Waals surface area contributed by atoms with Crippen molar-refractivity contribution in [2.75, 3.05) is 23.9 Å². The second-order valence-electron chi connectivity index (χ2n) is 5.34. The van der Waals surface area contributed by atoms with E-state index in [4.69, 9.17) is 0 Å². The number of non-ortho nitro benzene ring substituents is 1. The molecular formula is C16H13N3O4. The second kappa shape index (κ2) is 5.20. The maximum atomic E-state index is 12.5. The summed E-state index contributed by atoms with van der Waals surface area (Å²) in [5.41, 5.74) is 1.39. The zero-order valence-corrected chi connectivity index (χ0v) is 12.5. The van der Waals surface area contributed by atoms with Gasteiger partial charge in [0.2, 0.25) is 0 Å². The van der Waals surface area contributed by atoms with Gasteiger partial charge in [-0.3, -0.25) is 19.7 Å². The van der Waals surface area contributed by atoms with Crippen molar-refractivity contribution in [3.05, 3.63) is 63.7 Å². The summed E-state index contributed by atoms with van der Waals surface area (Å²) in [5, 5.41) is 10.8. The van der Waals surface area contributed by atoms with Crippen molar-refractivity contribution < 1.29 is 14.5 Å². The fourth-order valence-electron chi connectivity index (χ4n) is 2.48. The molecule has 0 saturated carbocycles. The van der Waals surface area contributed by atoms with Gasteiger partial charge >= 0.3 is 0 Å². The van der Waals surface area contributed by atoms with Gasteiger partial charge < -0.3 is 4.90 Å². The first kappa shape index (κ1) is 14.7. The van der Waals surface area contributed by atoms with Crippen LogP contribution in [0.2, 0.25) is 0 Å². The maximum absolute atomic E-state index is 12.5. The van der Waals surface area contributed by atoms with Crippen LogP contribution < -0.4 is 9.80 Å². The number of nitro benzene ring substituents is 1. The molecule has 2 amide bonds.